The lowest BCUT2D eigenvalue weighted by Gasteiger charge is -2.08. The largest absolute Gasteiger partial charge is 0.496 e. The fourth-order valence-corrected chi connectivity index (χ4v) is 2.09. The number of ether oxygens (including phenoxy) is 2. The highest BCUT2D eigenvalue weighted by molar-refractivity contribution is 7.98. The molecule has 4 heteroatoms. The van der Waals surface area contributed by atoms with Crippen LogP contribution in [0.15, 0.2) is 18.2 Å². The molecule has 0 fully saturated rings. The lowest BCUT2D eigenvalue weighted by atomic mass is 10.2. The smallest absolute Gasteiger partial charge is 0.124 e. The average molecular weight is 227 g/mol. The Labute approximate surface area is 94.9 Å². The molecule has 1 rings (SSSR count). The normalized spacial score (nSPS) is 10.3. The van der Waals surface area contributed by atoms with Crippen molar-refractivity contribution in [1.82, 2.24) is 0 Å². The summed E-state index contributed by atoms with van der Waals surface area (Å²) in [6.45, 7) is 0.780. The fourth-order valence-electron chi connectivity index (χ4n) is 1.20. The molecule has 3 nitrogen and oxygen atoms in total. The van der Waals surface area contributed by atoms with Gasteiger partial charge in [-0.15, -0.1) is 0 Å². The van der Waals surface area contributed by atoms with Crippen LogP contribution in [0.1, 0.15) is 5.56 Å². The van der Waals surface area contributed by atoms with E-state index in [0.29, 0.717) is 0 Å². The quantitative estimate of drug-likeness (QED) is 0.597. The molecule has 2 N–H and O–H groups in total. The minimum absolute atomic E-state index is 0.734. The van der Waals surface area contributed by atoms with E-state index >= 15 is 0 Å². The van der Waals surface area contributed by atoms with Crippen molar-refractivity contribution in [3.8, 4) is 5.75 Å². The van der Waals surface area contributed by atoms with Crippen molar-refractivity contribution in [2.75, 3.05) is 32.3 Å². The van der Waals surface area contributed by atoms with Gasteiger partial charge < -0.3 is 15.2 Å². The van der Waals surface area contributed by atoms with Gasteiger partial charge in [0.1, 0.15) is 5.75 Å². The standard InChI is InChI=1S/C11H17NO2S/c1-13-5-6-15-8-9-3-4-10(12)7-11(9)14-2/h3-4,7H,5-6,8,12H2,1-2H3. The van der Waals surface area contributed by atoms with Gasteiger partial charge in [-0.25, -0.2) is 0 Å². The maximum Gasteiger partial charge on any atom is 0.124 e. The van der Waals surface area contributed by atoms with E-state index in [1.807, 2.05) is 30.0 Å². The summed E-state index contributed by atoms with van der Waals surface area (Å²) >= 11 is 1.82. The number of rotatable bonds is 6. The van der Waals surface area contributed by atoms with Gasteiger partial charge in [0, 0.05) is 35.9 Å². The van der Waals surface area contributed by atoms with Gasteiger partial charge in [0.2, 0.25) is 0 Å². The summed E-state index contributed by atoms with van der Waals surface area (Å²) in [4.78, 5) is 0. The summed E-state index contributed by atoms with van der Waals surface area (Å²) in [7, 11) is 3.38. The molecule has 15 heavy (non-hydrogen) atoms. The van der Waals surface area contributed by atoms with Crippen LogP contribution in [0.3, 0.4) is 0 Å². The molecule has 0 aliphatic carbocycles. The summed E-state index contributed by atoms with van der Waals surface area (Å²) in [5, 5.41) is 0. The molecule has 84 valence electrons. The molecule has 0 spiro atoms. The van der Waals surface area contributed by atoms with Crippen molar-refractivity contribution in [3.05, 3.63) is 23.8 Å². The van der Waals surface area contributed by atoms with Crippen LogP contribution in [0.5, 0.6) is 5.75 Å². The van der Waals surface area contributed by atoms with E-state index in [0.717, 1.165) is 29.5 Å². The number of anilines is 1. The van der Waals surface area contributed by atoms with Crippen molar-refractivity contribution in [3.63, 3.8) is 0 Å². The van der Waals surface area contributed by atoms with Gasteiger partial charge in [-0.05, 0) is 6.07 Å². The summed E-state index contributed by atoms with van der Waals surface area (Å²) in [6.07, 6.45) is 0. The topological polar surface area (TPSA) is 44.5 Å². The maximum absolute atomic E-state index is 5.67. The first-order valence-corrected chi connectivity index (χ1v) is 5.92. The van der Waals surface area contributed by atoms with Gasteiger partial charge in [0.05, 0.1) is 13.7 Å². The summed E-state index contributed by atoms with van der Waals surface area (Å²) in [5.74, 6) is 2.77. The number of benzene rings is 1. The molecule has 0 unspecified atom stereocenters. The molecular formula is C11H17NO2S. The predicted octanol–water partition coefficient (Wildman–Crippen LogP) is 2.16. The van der Waals surface area contributed by atoms with E-state index < -0.39 is 0 Å². The summed E-state index contributed by atoms with van der Waals surface area (Å²) in [6, 6.07) is 5.76. The van der Waals surface area contributed by atoms with E-state index in [4.69, 9.17) is 15.2 Å². The Balaban J connectivity index is 2.52. The van der Waals surface area contributed by atoms with E-state index in [-0.39, 0.29) is 0 Å². The molecule has 0 aliphatic heterocycles. The Bertz CT molecular complexity index is 305. The van der Waals surface area contributed by atoms with Gasteiger partial charge in [-0.2, -0.15) is 11.8 Å². The van der Waals surface area contributed by atoms with Gasteiger partial charge in [0.25, 0.3) is 0 Å². The average Bonchev–Trinajstić information content (AvgIpc) is 2.26. The molecule has 0 bridgehead atoms. The molecule has 0 radical (unpaired) electrons. The van der Waals surface area contributed by atoms with Crippen molar-refractivity contribution in [2.24, 2.45) is 0 Å². The zero-order valence-electron chi connectivity index (χ0n) is 9.16. The molecule has 0 aliphatic rings. The second-order valence-corrected chi connectivity index (χ2v) is 4.22. The van der Waals surface area contributed by atoms with Gasteiger partial charge in [-0.3, -0.25) is 0 Å². The van der Waals surface area contributed by atoms with Crippen LogP contribution in [0.4, 0.5) is 5.69 Å². The third-order valence-electron chi connectivity index (χ3n) is 2.00. The lowest BCUT2D eigenvalue weighted by molar-refractivity contribution is 0.218. The number of thioether (sulfide) groups is 1. The number of hydrogen-bond donors (Lipinski definition) is 1. The van der Waals surface area contributed by atoms with Crippen molar-refractivity contribution < 1.29 is 9.47 Å². The zero-order chi connectivity index (χ0) is 11.1. The summed E-state index contributed by atoms with van der Waals surface area (Å²) < 4.78 is 10.2. The first-order chi connectivity index (χ1) is 7.27. The van der Waals surface area contributed by atoms with Crippen LogP contribution in [0, 0.1) is 0 Å². The summed E-state index contributed by atoms with van der Waals surface area (Å²) in [5.41, 5.74) is 7.58. The van der Waals surface area contributed by atoms with Gasteiger partial charge in [-0.1, -0.05) is 6.07 Å². The molecule has 0 saturated heterocycles. The highest BCUT2D eigenvalue weighted by Crippen LogP contribution is 2.25. The van der Waals surface area contributed by atoms with Crippen molar-refractivity contribution in [2.45, 2.75) is 5.75 Å². The van der Waals surface area contributed by atoms with E-state index in [1.165, 1.54) is 5.56 Å². The highest BCUT2D eigenvalue weighted by atomic mass is 32.2. The number of nitrogen functional groups attached to an aromatic ring is 1. The first-order valence-electron chi connectivity index (χ1n) is 4.77. The molecule has 0 saturated carbocycles. The second kappa shape index (κ2) is 6.58. The van der Waals surface area contributed by atoms with Gasteiger partial charge in [0.15, 0.2) is 0 Å². The third-order valence-corrected chi connectivity index (χ3v) is 2.97. The van der Waals surface area contributed by atoms with Crippen molar-refractivity contribution in [1.29, 1.82) is 0 Å². The minimum Gasteiger partial charge on any atom is -0.496 e. The number of methoxy groups -OCH3 is 2. The van der Waals surface area contributed by atoms with Crippen LogP contribution in [0.25, 0.3) is 0 Å². The Hall–Kier alpha value is -0.870. The number of hydrogen-bond acceptors (Lipinski definition) is 4. The Morgan fingerprint density at radius 3 is 2.80 bits per heavy atom. The van der Waals surface area contributed by atoms with Crippen molar-refractivity contribution >= 4 is 17.4 Å². The van der Waals surface area contributed by atoms with Crippen LogP contribution >= 0.6 is 11.8 Å². The Kier molecular flexibility index (Phi) is 5.36. The maximum atomic E-state index is 5.67. The molecule has 0 aromatic heterocycles. The van der Waals surface area contributed by atoms with E-state index in [2.05, 4.69) is 0 Å². The molecule has 0 atom stereocenters. The SMILES string of the molecule is COCCSCc1ccc(N)cc1OC. The monoisotopic (exact) mass is 227 g/mol. The van der Waals surface area contributed by atoms with Crippen LogP contribution in [-0.4, -0.2) is 26.6 Å². The fraction of sp³-hybridized carbons (Fsp3) is 0.455. The predicted molar refractivity (Wildman–Crippen MR) is 65.4 cm³/mol. The highest BCUT2D eigenvalue weighted by Gasteiger charge is 2.03. The molecule has 1 aromatic rings. The molecule has 1 aromatic carbocycles. The molecular weight excluding hydrogens is 210 g/mol. The second-order valence-electron chi connectivity index (χ2n) is 3.12. The Morgan fingerprint density at radius 1 is 1.33 bits per heavy atom. The van der Waals surface area contributed by atoms with Crippen LogP contribution in [-0.2, 0) is 10.5 Å². The van der Waals surface area contributed by atoms with Crippen LogP contribution in [0.2, 0.25) is 0 Å². The Morgan fingerprint density at radius 2 is 2.13 bits per heavy atom. The zero-order valence-corrected chi connectivity index (χ0v) is 9.97. The van der Waals surface area contributed by atoms with E-state index in [1.54, 1.807) is 14.2 Å². The molecule has 0 heterocycles. The first kappa shape index (κ1) is 12.2. The van der Waals surface area contributed by atoms with E-state index in [9.17, 15) is 0 Å². The van der Waals surface area contributed by atoms with Gasteiger partial charge >= 0.3 is 0 Å². The minimum atomic E-state index is 0.734. The molecule has 0 amide bonds. The van der Waals surface area contributed by atoms with Crippen LogP contribution < -0.4 is 10.5 Å². The third kappa shape index (κ3) is 4.01. The number of nitrogens with two attached hydrogens (primary N) is 1. The lowest BCUT2D eigenvalue weighted by Crippen LogP contribution is -1.95.